The topological polar surface area (TPSA) is 93.0 Å². The molecule has 2 aromatic heterocycles. The standard InChI is InChI=1S/C17H17F3N6O/c18-17(19,20)11-3-1-2-4-12(11)27-10-5-7-26(8-6-10)15-13-14(23-9-22-13)24-16(21)25-15/h1-4,9-10H,5-8H2,(H3,21,22,23,24,25). The Bertz CT molecular complexity index is 949. The van der Waals surface area contributed by atoms with E-state index in [1.165, 1.54) is 24.5 Å². The first-order chi connectivity index (χ1) is 12.9. The van der Waals surface area contributed by atoms with Crippen LogP contribution >= 0.6 is 0 Å². The lowest BCUT2D eigenvalue weighted by Crippen LogP contribution is -2.39. The molecule has 0 unspecified atom stereocenters. The van der Waals surface area contributed by atoms with E-state index in [-0.39, 0.29) is 17.8 Å². The summed E-state index contributed by atoms with van der Waals surface area (Å²) in [6.07, 6.45) is -2.11. The van der Waals surface area contributed by atoms with Crippen LogP contribution in [0.5, 0.6) is 5.75 Å². The Kier molecular flexibility index (Phi) is 4.25. The number of nitrogen functional groups attached to an aromatic ring is 1. The van der Waals surface area contributed by atoms with Crippen LogP contribution in [-0.4, -0.2) is 39.1 Å². The number of hydrogen-bond acceptors (Lipinski definition) is 6. The van der Waals surface area contributed by atoms with Gasteiger partial charge < -0.3 is 20.4 Å². The molecule has 0 radical (unpaired) electrons. The van der Waals surface area contributed by atoms with Gasteiger partial charge in [0.15, 0.2) is 17.0 Å². The highest BCUT2D eigenvalue weighted by molar-refractivity contribution is 5.84. The number of benzene rings is 1. The van der Waals surface area contributed by atoms with Crippen LogP contribution in [-0.2, 0) is 6.18 Å². The first kappa shape index (κ1) is 17.4. The van der Waals surface area contributed by atoms with E-state index in [2.05, 4.69) is 19.9 Å². The van der Waals surface area contributed by atoms with Crippen LogP contribution in [0.2, 0.25) is 0 Å². The zero-order valence-electron chi connectivity index (χ0n) is 14.2. The number of imidazole rings is 1. The average molecular weight is 378 g/mol. The maximum Gasteiger partial charge on any atom is 0.419 e. The van der Waals surface area contributed by atoms with E-state index in [0.29, 0.717) is 42.9 Å². The van der Waals surface area contributed by atoms with Crippen molar-refractivity contribution in [2.24, 2.45) is 0 Å². The Morgan fingerprint density at radius 3 is 2.63 bits per heavy atom. The smallest absolute Gasteiger partial charge is 0.419 e. The van der Waals surface area contributed by atoms with E-state index in [4.69, 9.17) is 10.5 Å². The van der Waals surface area contributed by atoms with Gasteiger partial charge in [0.2, 0.25) is 5.95 Å². The molecule has 0 aliphatic carbocycles. The molecule has 7 nitrogen and oxygen atoms in total. The van der Waals surface area contributed by atoms with Gasteiger partial charge in [-0.05, 0) is 12.1 Å². The van der Waals surface area contributed by atoms with Crippen molar-refractivity contribution in [1.82, 2.24) is 19.9 Å². The monoisotopic (exact) mass is 378 g/mol. The minimum Gasteiger partial charge on any atom is -0.490 e. The van der Waals surface area contributed by atoms with Gasteiger partial charge in [0, 0.05) is 25.9 Å². The number of ether oxygens (including phenoxy) is 1. The molecule has 0 amide bonds. The number of anilines is 2. The van der Waals surface area contributed by atoms with Gasteiger partial charge in [0.05, 0.1) is 11.9 Å². The lowest BCUT2D eigenvalue weighted by Gasteiger charge is -2.33. The summed E-state index contributed by atoms with van der Waals surface area (Å²) in [5.74, 6) is 0.622. The largest absolute Gasteiger partial charge is 0.490 e. The number of piperidine rings is 1. The second-order valence-electron chi connectivity index (χ2n) is 6.30. The molecule has 142 valence electrons. The summed E-state index contributed by atoms with van der Waals surface area (Å²) in [7, 11) is 0. The first-order valence-electron chi connectivity index (χ1n) is 8.46. The molecule has 10 heteroatoms. The lowest BCUT2D eigenvalue weighted by atomic mass is 10.1. The number of aromatic amines is 1. The van der Waals surface area contributed by atoms with Gasteiger partial charge >= 0.3 is 6.18 Å². The predicted octanol–water partition coefficient (Wildman–Crippen LogP) is 3.00. The van der Waals surface area contributed by atoms with Crippen molar-refractivity contribution in [3.05, 3.63) is 36.2 Å². The van der Waals surface area contributed by atoms with Gasteiger partial charge in [-0.3, -0.25) is 0 Å². The third-order valence-corrected chi connectivity index (χ3v) is 4.51. The number of nitrogens with two attached hydrogens (primary N) is 1. The minimum absolute atomic E-state index is 0.135. The van der Waals surface area contributed by atoms with Crippen molar-refractivity contribution >= 4 is 22.9 Å². The highest BCUT2D eigenvalue weighted by Gasteiger charge is 2.35. The normalized spacial score (nSPS) is 16.0. The van der Waals surface area contributed by atoms with E-state index in [0.717, 1.165) is 6.07 Å². The summed E-state index contributed by atoms with van der Waals surface area (Å²) < 4.78 is 45.0. The van der Waals surface area contributed by atoms with Crippen molar-refractivity contribution in [1.29, 1.82) is 0 Å². The molecule has 1 saturated heterocycles. The number of fused-ring (bicyclic) bond motifs is 1. The van der Waals surface area contributed by atoms with Crippen LogP contribution in [0.25, 0.3) is 11.2 Å². The second kappa shape index (κ2) is 6.60. The number of alkyl halides is 3. The number of nitrogens with zero attached hydrogens (tertiary/aromatic N) is 4. The van der Waals surface area contributed by atoms with E-state index >= 15 is 0 Å². The fourth-order valence-electron chi connectivity index (χ4n) is 3.23. The van der Waals surface area contributed by atoms with Crippen molar-refractivity contribution in [3.8, 4) is 5.75 Å². The van der Waals surface area contributed by atoms with E-state index < -0.39 is 11.7 Å². The highest BCUT2D eigenvalue weighted by atomic mass is 19.4. The van der Waals surface area contributed by atoms with Crippen molar-refractivity contribution in [3.63, 3.8) is 0 Å². The Morgan fingerprint density at radius 2 is 1.89 bits per heavy atom. The average Bonchev–Trinajstić information content (AvgIpc) is 3.09. The first-order valence-corrected chi connectivity index (χ1v) is 8.46. The molecule has 0 atom stereocenters. The Labute approximate surface area is 152 Å². The molecule has 4 rings (SSSR count). The van der Waals surface area contributed by atoms with Gasteiger partial charge in [0.25, 0.3) is 0 Å². The Morgan fingerprint density at radius 1 is 1.15 bits per heavy atom. The Balaban J connectivity index is 1.48. The predicted molar refractivity (Wildman–Crippen MR) is 93.4 cm³/mol. The molecule has 0 bridgehead atoms. The van der Waals surface area contributed by atoms with Crippen molar-refractivity contribution in [2.75, 3.05) is 23.7 Å². The second-order valence-corrected chi connectivity index (χ2v) is 6.30. The van der Waals surface area contributed by atoms with E-state index in [9.17, 15) is 13.2 Å². The fraction of sp³-hybridized carbons (Fsp3) is 0.353. The Hall–Kier alpha value is -3.04. The molecule has 1 aliphatic rings. The number of H-pyrrole nitrogens is 1. The fourth-order valence-corrected chi connectivity index (χ4v) is 3.23. The zero-order valence-corrected chi connectivity index (χ0v) is 14.2. The molecule has 1 aliphatic heterocycles. The number of halogens is 3. The van der Waals surface area contributed by atoms with E-state index in [1.54, 1.807) is 0 Å². The molecule has 0 saturated carbocycles. The van der Waals surface area contributed by atoms with Gasteiger partial charge in [-0.25, -0.2) is 4.98 Å². The summed E-state index contributed by atoms with van der Waals surface area (Å²) in [6, 6.07) is 5.28. The molecule has 3 heterocycles. The molecule has 27 heavy (non-hydrogen) atoms. The van der Waals surface area contributed by atoms with Crippen LogP contribution in [0, 0.1) is 0 Å². The molecule has 1 fully saturated rings. The van der Waals surface area contributed by atoms with Gasteiger partial charge in [-0.2, -0.15) is 23.1 Å². The van der Waals surface area contributed by atoms with Gasteiger partial charge in [-0.15, -0.1) is 0 Å². The van der Waals surface area contributed by atoms with Crippen LogP contribution < -0.4 is 15.4 Å². The van der Waals surface area contributed by atoms with Crippen LogP contribution in [0.15, 0.2) is 30.6 Å². The maximum atomic E-state index is 13.1. The SMILES string of the molecule is Nc1nc(N2CCC(Oc3ccccc3C(F)(F)F)CC2)c2nc[nH]c2n1. The summed E-state index contributed by atoms with van der Waals surface area (Å²) >= 11 is 0. The number of hydrogen-bond donors (Lipinski definition) is 2. The molecule has 0 spiro atoms. The summed E-state index contributed by atoms with van der Waals surface area (Å²) in [4.78, 5) is 17.5. The van der Waals surface area contributed by atoms with Crippen molar-refractivity contribution in [2.45, 2.75) is 25.1 Å². The summed E-state index contributed by atoms with van der Waals surface area (Å²) in [5.41, 5.74) is 6.16. The lowest BCUT2D eigenvalue weighted by molar-refractivity contribution is -0.139. The number of para-hydroxylation sites is 1. The van der Waals surface area contributed by atoms with Crippen molar-refractivity contribution < 1.29 is 17.9 Å². The number of aromatic nitrogens is 4. The zero-order chi connectivity index (χ0) is 19.0. The summed E-state index contributed by atoms with van der Waals surface area (Å²) in [5, 5.41) is 0. The third kappa shape index (κ3) is 3.46. The van der Waals surface area contributed by atoms with Gasteiger partial charge in [-0.1, -0.05) is 12.1 Å². The number of rotatable bonds is 3. The molecule has 1 aromatic carbocycles. The maximum absolute atomic E-state index is 13.1. The van der Waals surface area contributed by atoms with Gasteiger partial charge in [0.1, 0.15) is 11.9 Å². The van der Waals surface area contributed by atoms with Crippen LogP contribution in [0.4, 0.5) is 24.9 Å². The molecule has 3 aromatic rings. The van der Waals surface area contributed by atoms with E-state index in [1.807, 2.05) is 4.90 Å². The quantitative estimate of drug-likeness (QED) is 0.728. The van der Waals surface area contributed by atoms with Crippen LogP contribution in [0.3, 0.4) is 0 Å². The third-order valence-electron chi connectivity index (χ3n) is 4.51. The molecular weight excluding hydrogens is 361 g/mol. The molecular formula is C17H17F3N6O. The minimum atomic E-state index is -4.44. The summed E-state index contributed by atoms with van der Waals surface area (Å²) in [6.45, 7) is 1.13. The molecule has 3 N–H and O–H groups in total. The van der Waals surface area contributed by atoms with Crippen LogP contribution in [0.1, 0.15) is 18.4 Å². The number of nitrogens with one attached hydrogen (secondary N) is 1. The highest BCUT2D eigenvalue weighted by Crippen LogP contribution is 2.37.